The van der Waals surface area contributed by atoms with E-state index in [9.17, 15) is 31.5 Å². The van der Waals surface area contributed by atoms with Crippen LogP contribution >= 0.6 is 0 Å². The molecular weight excluding hydrogens is 527 g/mol. The first-order chi connectivity index (χ1) is 17.6. The van der Waals surface area contributed by atoms with Crippen molar-refractivity contribution in [3.8, 4) is 0 Å². The van der Waals surface area contributed by atoms with Crippen molar-refractivity contribution in [3.05, 3.63) is 52.6 Å². The fraction of sp³-hybridized carbons (Fsp3) is 0.440. The molecule has 0 unspecified atom stereocenters. The number of aliphatic carboxylic acids is 1. The van der Waals surface area contributed by atoms with Crippen molar-refractivity contribution in [2.45, 2.75) is 45.2 Å². The van der Waals surface area contributed by atoms with Gasteiger partial charge in [0.05, 0.1) is 21.8 Å². The smallest absolute Gasteiger partial charge is 0.478 e. The van der Waals surface area contributed by atoms with Crippen molar-refractivity contribution in [1.82, 2.24) is 4.90 Å². The van der Waals surface area contributed by atoms with E-state index in [1.807, 2.05) is 19.1 Å². The number of halogens is 3. The number of carboxylic acids is 2. The largest absolute Gasteiger partial charge is 0.490 e. The van der Waals surface area contributed by atoms with Crippen molar-refractivity contribution >= 4 is 33.3 Å². The number of aromatic carboxylic acids is 1. The number of hydrogen-bond acceptors (Lipinski definition) is 6. The van der Waals surface area contributed by atoms with Crippen LogP contribution in [0.5, 0.6) is 0 Å². The molecule has 38 heavy (non-hydrogen) atoms. The molecule has 3 N–H and O–H groups in total. The Morgan fingerprint density at radius 1 is 0.974 bits per heavy atom. The van der Waals surface area contributed by atoms with Crippen LogP contribution in [0.1, 0.15) is 40.4 Å². The zero-order valence-electron chi connectivity index (χ0n) is 21.6. The van der Waals surface area contributed by atoms with Gasteiger partial charge in [0.1, 0.15) is 0 Å². The first kappa shape index (κ1) is 30.9. The van der Waals surface area contributed by atoms with E-state index in [-0.39, 0.29) is 10.5 Å². The minimum absolute atomic E-state index is 0.0448. The summed E-state index contributed by atoms with van der Waals surface area (Å²) in [6.07, 6.45) is -3.99. The minimum atomic E-state index is -5.08. The summed E-state index contributed by atoms with van der Waals surface area (Å²) >= 11 is 0. The van der Waals surface area contributed by atoms with Crippen molar-refractivity contribution in [3.63, 3.8) is 0 Å². The van der Waals surface area contributed by atoms with Crippen LogP contribution in [0.15, 0.2) is 35.2 Å². The van der Waals surface area contributed by atoms with Gasteiger partial charge in [0, 0.05) is 26.2 Å². The maximum absolute atomic E-state index is 13.3. The molecule has 1 aliphatic rings. The first-order valence-electron chi connectivity index (χ1n) is 11.8. The van der Waals surface area contributed by atoms with Crippen LogP contribution in [0.2, 0.25) is 0 Å². The molecule has 0 bridgehead atoms. The molecule has 0 amide bonds. The van der Waals surface area contributed by atoms with E-state index in [0.29, 0.717) is 22.5 Å². The Morgan fingerprint density at radius 2 is 1.50 bits per heavy atom. The number of piperazine rings is 1. The highest BCUT2D eigenvalue weighted by atomic mass is 32.2. The van der Waals surface area contributed by atoms with E-state index in [4.69, 9.17) is 9.90 Å². The van der Waals surface area contributed by atoms with E-state index in [1.165, 1.54) is 12.1 Å². The third-order valence-corrected chi connectivity index (χ3v) is 7.53. The Morgan fingerprint density at radius 3 is 1.95 bits per heavy atom. The number of aryl methyl sites for hydroxylation is 3. The van der Waals surface area contributed by atoms with Gasteiger partial charge in [-0.25, -0.2) is 18.0 Å². The van der Waals surface area contributed by atoms with Gasteiger partial charge in [-0.2, -0.15) is 13.2 Å². The molecule has 0 spiro atoms. The summed E-state index contributed by atoms with van der Waals surface area (Å²) in [5.41, 5.74) is 3.36. The highest BCUT2D eigenvalue weighted by Crippen LogP contribution is 2.32. The SMILES string of the molecule is CCCN1CCN(c2ccc(C(=O)O)cc2NS(=O)(=O)c2c(C)cc(C)cc2C)CC1.O=C(O)C(F)(F)F. The fourth-order valence-electron chi connectivity index (χ4n) is 4.34. The van der Waals surface area contributed by atoms with Gasteiger partial charge < -0.3 is 15.1 Å². The lowest BCUT2D eigenvalue weighted by Gasteiger charge is -2.37. The molecule has 1 fully saturated rings. The lowest BCUT2D eigenvalue weighted by molar-refractivity contribution is -0.192. The molecule has 3 rings (SSSR count). The maximum Gasteiger partial charge on any atom is 0.490 e. The lowest BCUT2D eigenvalue weighted by Crippen LogP contribution is -2.46. The predicted molar refractivity (Wildman–Crippen MR) is 137 cm³/mol. The van der Waals surface area contributed by atoms with Gasteiger partial charge in [-0.05, 0) is 63.1 Å². The number of carbonyl (C=O) groups is 2. The summed E-state index contributed by atoms with van der Waals surface area (Å²) in [6, 6.07) is 8.31. The van der Waals surface area contributed by atoms with E-state index < -0.39 is 28.1 Å². The molecule has 1 saturated heterocycles. The van der Waals surface area contributed by atoms with Gasteiger partial charge in [-0.1, -0.05) is 24.6 Å². The molecule has 0 aliphatic carbocycles. The number of alkyl halides is 3. The zero-order valence-corrected chi connectivity index (χ0v) is 22.4. The summed E-state index contributed by atoms with van der Waals surface area (Å²) < 4.78 is 61.1. The zero-order chi connectivity index (χ0) is 28.8. The third kappa shape index (κ3) is 8.09. The van der Waals surface area contributed by atoms with Gasteiger partial charge in [0.15, 0.2) is 0 Å². The number of hydrogen-bond donors (Lipinski definition) is 3. The van der Waals surface area contributed by atoms with Crippen molar-refractivity contribution in [2.24, 2.45) is 0 Å². The van der Waals surface area contributed by atoms with Crippen LogP contribution in [0.4, 0.5) is 24.5 Å². The topological polar surface area (TPSA) is 127 Å². The summed E-state index contributed by atoms with van der Waals surface area (Å²) in [6.45, 7) is 11.9. The molecule has 210 valence electrons. The number of anilines is 2. The van der Waals surface area contributed by atoms with Gasteiger partial charge >= 0.3 is 18.1 Å². The van der Waals surface area contributed by atoms with Gasteiger partial charge in [0.25, 0.3) is 10.0 Å². The van der Waals surface area contributed by atoms with Crippen LogP contribution in [0.3, 0.4) is 0 Å². The van der Waals surface area contributed by atoms with Crippen LogP contribution in [0, 0.1) is 20.8 Å². The van der Waals surface area contributed by atoms with Crippen molar-refractivity contribution in [2.75, 3.05) is 42.3 Å². The Kier molecular flexibility index (Phi) is 10.2. The Balaban J connectivity index is 0.000000638. The third-order valence-electron chi connectivity index (χ3n) is 5.86. The highest BCUT2D eigenvalue weighted by Gasteiger charge is 2.38. The molecule has 1 aliphatic heterocycles. The maximum atomic E-state index is 13.3. The molecule has 0 aromatic heterocycles. The van der Waals surface area contributed by atoms with Gasteiger partial charge in [0.2, 0.25) is 0 Å². The van der Waals surface area contributed by atoms with Crippen molar-refractivity contribution in [1.29, 1.82) is 0 Å². The molecule has 13 heteroatoms. The summed E-state index contributed by atoms with van der Waals surface area (Å²) in [5.74, 6) is -3.85. The van der Waals surface area contributed by atoms with Gasteiger partial charge in [-0.15, -0.1) is 0 Å². The highest BCUT2D eigenvalue weighted by molar-refractivity contribution is 7.92. The van der Waals surface area contributed by atoms with E-state index in [0.717, 1.165) is 44.7 Å². The first-order valence-corrected chi connectivity index (χ1v) is 13.3. The number of sulfonamides is 1. The van der Waals surface area contributed by atoms with Crippen LogP contribution in [-0.4, -0.2) is 74.4 Å². The molecule has 0 atom stereocenters. The quantitative estimate of drug-likeness (QED) is 0.459. The summed E-state index contributed by atoms with van der Waals surface area (Å²) in [4.78, 5) is 25.2. The Bertz CT molecular complexity index is 1250. The second-order valence-electron chi connectivity index (χ2n) is 9.00. The fourth-order valence-corrected chi connectivity index (χ4v) is 5.86. The van der Waals surface area contributed by atoms with Crippen LogP contribution in [0.25, 0.3) is 0 Å². The predicted octanol–water partition coefficient (Wildman–Crippen LogP) is 4.28. The summed E-state index contributed by atoms with van der Waals surface area (Å²) in [7, 11) is -3.89. The van der Waals surface area contributed by atoms with E-state index in [2.05, 4.69) is 21.4 Å². The lowest BCUT2D eigenvalue weighted by atomic mass is 10.1. The number of nitrogens with zero attached hydrogens (tertiary/aromatic N) is 2. The molecular formula is C25H32F3N3O6S. The molecule has 2 aromatic rings. The average Bonchev–Trinajstić information content (AvgIpc) is 2.78. The molecule has 2 aromatic carbocycles. The van der Waals surface area contributed by atoms with E-state index >= 15 is 0 Å². The van der Waals surface area contributed by atoms with E-state index in [1.54, 1.807) is 19.9 Å². The van der Waals surface area contributed by atoms with Gasteiger partial charge in [-0.3, -0.25) is 9.62 Å². The normalized spacial score (nSPS) is 14.4. The number of nitrogens with one attached hydrogen (secondary N) is 1. The number of rotatable bonds is 7. The average molecular weight is 560 g/mol. The number of benzene rings is 2. The minimum Gasteiger partial charge on any atom is -0.478 e. The van der Waals surface area contributed by atoms with Crippen LogP contribution < -0.4 is 9.62 Å². The molecule has 0 saturated carbocycles. The summed E-state index contributed by atoms with van der Waals surface area (Å²) in [5, 5.41) is 16.6. The monoisotopic (exact) mass is 559 g/mol. The second-order valence-corrected chi connectivity index (χ2v) is 10.6. The number of carboxylic acid groups (broad SMARTS) is 2. The molecule has 1 heterocycles. The molecule has 9 nitrogen and oxygen atoms in total. The second kappa shape index (κ2) is 12.5. The van der Waals surface area contributed by atoms with Crippen LogP contribution in [-0.2, 0) is 14.8 Å². The van der Waals surface area contributed by atoms with Crippen molar-refractivity contribution < 1.29 is 41.4 Å². The standard InChI is InChI=1S/C23H31N3O4S.C2HF3O2/c1-5-8-25-9-11-26(12-10-25)21-7-6-19(23(27)28)15-20(21)24-31(29,30)22-17(3)13-16(2)14-18(22)4;3-2(4,5)1(6)7/h6-7,13-15,24H,5,8-12H2,1-4H3,(H,27,28);(H,6,7). The molecule has 0 radical (unpaired) electrons. The Hall–Kier alpha value is -3.32. The Labute approximate surface area is 219 Å².